The molecule has 24 heavy (non-hydrogen) atoms. The van der Waals surface area contributed by atoms with Gasteiger partial charge in [-0.15, -0.1) is 0 Å². The van der Waals surface area contributed by atoms with Gasteiger partial charge in [-0.3, -0.25) is 5.32 Å². The van der Waals surface area contributed by atoms with Crippen LogP contribution in [0.3, 0.4) is 0 Å². The van der Waals surface area contributed by atoms with Gasteiger partial charge in [-0.05, 0) is 38.3 Å². The van der Waals surface area contributed by atoms with Crippen LogP contribution in [0.4, 0.5) is 10.6 Å². The predicted molar refractivity (Wildman–Crippen MR) is 94.2 cm³/mol. The number of anilines is 1. The van der Waals surface area contributed by atoms with Crippen molar-refractivity contribution in [1.82, 2.24) is 15.0 Å². The lowest BCUT2D eigenvalue weighted by molar-refractivity contribution is 0.192. The summed E-state index contributed by atoms with van der Waals surface area (Å²) in [5.74, 6) is 1.88. The zero-order valence-corrected chi connectivity index (χ0v) is 15.2. The number of hydrogen-bond donors (Lipinski definition) is 1. The maximum atomic E-state index is 12.4. The van der Waals surface area contributed by atoms with Gasteiger partial charge in [-0.25, -0.2) is 4.79 Å². The molecule has 134 valence electrons. The summed E-state index contributed by atoms with van der Waals surface area (Å²) in [6.45, 7) is 11.4. The monoisotopic (exact) mass is 334 g/mol. The van der Waals surface area contributed by atoms with Crippen molar-refractivity contribution in [3.05, 3.63) is 11.8 Å². The summed E-state index contributed by atoms with van der Waals surface area (Å²) in [6, 6.07) is 1.75. The van der Waals surface area contributed by atoms with Crippen molar-refractivity contribution in [2.75, 3.05) is 38.0 Å². The van der Waals surface area contributed by atoms with Crippen molar-refractivity contribution in [3.63, 3.8) is 0 Å². The summed E-state index contributed by atoms with van der Waals surface area (Å²) in [5.41, 5.74) is -0.108. The quantitative estimate of drug-likeness (QED) is 0.921. The number of urea groups is 1. The van der Waals surface area contributed by atoms with E-state index in [0.717, 1.165) is 31.8 Å². The Bertz CT molecular complexity index is 558. The van der Waals surface area contributed by atoms with E-state index in [0.29, 0.717) is 11.7 Å². The minimum Gasteiger partial charge on any atom is -0.359 e. The van der Waals surface area contributed by atoms with E-state index in [2.05, 4.69) is 36.1 Å². The Morgan fingerprint density at radius 2 is 2.04 bits per heavy atom. The molecule has 1 N–H and O–H groups in total. The van der Waals surface area contributed by atoms with Crippen LogP contribution in [0.5, 0.6) is 0 Å². The molecule has 2 amide bonds. The van der Waals surface area contributed by atoms with Crippen LogP contribution in [-0.2, 0) is 5.41 Å². The molecule has 1 aromatic heterocycles. The Kier molecular flexibility index (Phi) is 5.13. The second-order valence-corrected chi connectivity index (χ2v) is 8.22. The molecule has 2 aliphatic rings. The maximum Gasteiger partial charge on any atom is 0.323 e. The summed E-state index contributed by atoms with van der Waals surface area (Å²) in [5, 5.41) is 6.83. The first-order valence-corrected chi connectivity index (χ1v) is 9.17. The fourth-order valence-electron chi connectivity index (χ4n) is 3.55. The van der Waals surface area contributed by atoms with Crippen LogP contribution in [0, 0.1) is 5.92 Å². The minimum atomic E-state index is -0.108. The zero-order chi connectivity index (χ0) is 17.2. The van der Waals surface area contributed by atoms with Crippen LogP contribution in [-0.4, -0.2) is 53.7 Å². The van der Waals surface area contributed by atoms with Crippen molar-refractivity contribution in [3.8, 4) is 0 Å². The van der Waals surface area contributed by atoms with Gasteiger partial charge in [0.1, 0.15) is 5.76 Å². The average molecular weight is 334 g/mol. The van der Waals surface area contributed by atoms with Gasteiger partial charge in [0.15, 0.2) is 5.82 Å². The lowest BCUT2D eigenvalue weighted by atomic mass is 9.93. The first-order valence-electron chi connectivity index (χ1n) is 9.17. The molecule has 6 heteroatoms. The van der Waals surface area contributed by atoms with Gasteiger partial charge in [0.05, 0.1) is 0 Å². The Balaban J connectivity index is 1.48. The summed E-state index contributed by atoms with van der Waals surface area (Å²) in [6.07, 6.45) is 5.10. The van der Waals surface area contributed by atoms with E-state index in [1.54, 1.807) is 0 Å². The third-order valence-electron chi connectivity index (χ3n) is 5.02. The Hall–Kier alpha value is -1.56. The first kappa shape index (κ1) is 17.3. The highest BCUT2D eigenvalue weighted by atomic mass is 16.5. The van der Waals surface area contributed by atoms with E-state index in [4.69, 9.17) is 4.52 Å². The van der Waals surface area contributed by atoms with Gasteiger partial charge in [-0.1, -0.05) is 32.3 Å². The van der Waals surface area contributed by atoms with Crippen molar-refractivity contribution in [2.45, 2.75) is 51.9 Å². The number of carbonyl (C=O) groups excluding carboxylic acids is 1. The minimum absolute atomic E-state index is 0.0649. The lowest BCUT2D eigenvalue weighted by Gasteiger charge is -2.28. The normalized spacial score (nSPS) is 22.8. The van der Waals surface area contributed by atoms with Crippen molar-refractivity contribution >= 4 is 11.8 Å². The SMILES string of the molecule is CC(C)(C)c1cc(NC(=O)N2CC[C@@H](CN3CCCCC3)C2)no1. The number of aromatic nitrogens is 1. The maximum absolute atomic E-state index is 12.4. The van der Waals surface area contributed by atoms with Crippen LogP contribution in [0.1, 0.15) is 52.2 Å². The molecule has 2 saturated heterocycles. The third kappa shape index (κ3) is 4.29. The number of amides is 2. The van der Waals surface area contributed by atoms with Crippen LogP contribution in [0.25, 0.3) is 0 Å². The standard InChI is InChI=1S/C18H30N4O2/c1-18(2,3)15-11-16(20-24-15)19-17(23)22-10-7-14(13-22)12-21-8-5-4-6-9-21/h11,14H,4-10,12-13H2,1-3H3,(H,19,20,23)/t14-/m0/s1. The van der Waals surface area contributed by atoms with Crippen molar-refractivity contribution < 1.29 is 9.32 Å². The molecule has 0 bridgehead atoms. The summed E-state index contributed by atoms with van der Waals surface area (Å²) < 4.78 is 5.32. The van der Waals surface area contributed by atoms with Gasteiger partial charge in [-0.2, -0.15) is 0 Å². The third-order valence-corrected chi connectivity index (χ3v) is 5.02. The molecule has 0 aliphatic carbocycles. The summed E-state index contributed by atoms with van der Waals surface area (Å²) in [7, 11) is 0. The number of piperidine rings is 1. The number of likely N-dealkylation sites (tertiary alicyclic amines) is 2. The van der Waals surface area contributed by atoms with E-state index in [1.807, 2.05) is 11.0 Å². The van der Waals surface area contributed by atoms with Crippen LogP contribution in [0.2, 0.25) is 0 Å². The number of rotatable bonds is 3. The summed E-state index contributed by atoms with van der Waals surface area (Å²) in [4.78, 5) is 16.9. The number of nitrogens with zero attached hydrogens (tertiary/aromatic N) is 3. The Labute approximate surface area is 144 Å². The van der Waals surface area contributed by atoms with E-state index in [1.165, 1.54) is 32.4 Å². The zero-order valence-electron chi connectivity index (χ0n) is 15.2. The van der Waals surface area contributed by atoms with Crippen molar-refractivity contribution in [2.24, 2.45) is 5.92 Å². The number of hydrogen-bond acceptors (Lipinski definition) is 4. The number of nitrogens with one attached hydrogen (secondary N) is 1. The highest BCUT2D eigenvalue weighted by molar-refractivity contribution is 5.88. The van der Waals surface area contributed by atoms with Crippen molar-refractivity contribution in [1.29, 1.82) is 0 Å². The molecular formula is C18H30N4O2. The molecule has 1 aromatic rings. The fourth-order valence-corrected chi connectivity index (χ4v) is 3.55. The van der Waals surface area contributed by atoms with E-state index in [-0.39, 0.29) is 11.4 Å². The largest absolute Gasteiger partial charge is 0.359 e. The molecule has 3 rings (SSSR count). The molecule has 1 atom stereocenters. The van der Waals surface area contributed by atoms with Gasteiger partial charge in [0.2, 0.25) is 0 Å². The van der Waals surface area contributed by atoms with Crippen LogP contribution >= 0.6 is 0 Å². The van der Waals surface area contributed by atoms with E-state index < -0.39 is 0 Å². The molecule has 6 nitrogen and oxygen atoms in total. The molecule has 0 spiro atoms. The average Bonchev–Trinajstić information content (AvgIpc) is 3.17. The second-order valence-electron chi connectivity index (χ2n) is 8.22. The Morgan fingerprint density at radius 1 is 1.29 bits per heavy atom. The molecule has 0 radical (unpaired) electrons. The molecule has 0 unspecified atom stereocenters. The van der Waals surface area contributed by atoms with Gasteiger partial charge in [0.25, 0.3) is 0 Å². The smallest absolute Gasteiger partial charge is 0.323 e. The van der Waals surface area contributed by atoms with Gasteiger partial charge >= 0.3 is 6.03 Å². The molecule has 2 aliphatic heterocycles. The number of carbonyl (C=O) groups is 1. The van der Waals surface area contributed by atoms with Crippen LogP contribution < -0.4 is 5.32 Å². The van der Waals surface area contributed by atoms with Gasteiger partial charge < -0.3 is 14.3 Å². The highest BCUT2D eigenvalue weighted by Crippen LogP contribution is 2.25. The predicted octanol–water partition coefficient (Wildman–Crippen LogP) is 3.31. The van der Waals surface area contributed by atoms with E-state index in [9.17, 15) is 4.79 Å². The fraction of sp³-hybridized carbons (Fsp3) is 0.778. The molecule has 3 heterocycles. The second kappa shape index (κ2) is 7.13. The van der Waals surface area contributed by atoms with Crippen LogP contribution in [0.15, 0.2) is 10.6 Å². The molecular weight excluding hydrogens is 304 g/mol. The first-order chi connectivity index (χ1) is 11.4. The lowest BCUT2D eigenvalue weighted by Crippen LogP contribution is -2.37. The van der Waals surface area contributed by atoms with E-state index >= 15 is 0 Å². The molecule has 0 aromatic carbocycles. The van der Waals surface area contributed by atoms with Gasteiger partial charge in [0, 0.05) is 31.1 Å². The molecule has 0 saturated carbocycles. The highest BCUT2D eigenvalue weighted by Gasteiger charge is 2.29. The topological polar surface area (TPSA) is 61.6 Å². The molecule has 2 fully saturated rings. The Morgan fingerprint density at radius 3 is 2.71 bits per heavy atom. The summed E-state index contributed by atoms with van der Waals surface area (Å²) >= 11 is 0.